The minimum absolute atomic E-state index is 0.175. The van der Waals surface area contributed by atoms with Crippen LogP contribution in [0.2, 0.25) is 0 Å². The number of carbonyl (C=O) groups is 1. The van der Waals surface area contributed by atoms with E-state index in [1.165, 1.54) is 15.6 Å². The van der Waals surface area contributed by atoms with E-state index in [4.69, 9.17) is 4.74 Å². The van der Waals surface area contributed by atoms with E-state index in [9.17, 15) is 4.79 Å². The van der Waals surface area contributed by atoms with E-state index in [2.05, 4.69) is 24.1 Å². The van der Waals surface area contributed by atoms with Crippen LogP contribution in [0.5, 0.6) is 0 Å². The van der Waals surface area contributed by atoms with Crippen LogP contribution in [0.15, 0.2) is 0 Å². The molecule has 3 rings (SSSR count). The van der Waals surface area contributed by atoms with Crippen molar-refractivity contribution in [3.8, 4) is 0 Å². The van der Waals surface area contributed by atoms with Gasteiger partial charge in [-0.15, -0.1) is 11.3 Å². The van der Waals surface area contributed by atoms with Gasteiger partial charge in [0, 0.05) is 37.2 Å². The molecule has 0 bridgehead atoms. The van der Waals surface area contributed by atoms with E-state index in [0.29, 0.717) is 6.04 Å². The highest BCUT2D eigenvalue weighted by Crippen LogP contribution is 2.21. The van der Waals surface area contributed by atoms with Gasteiger partial charge in [-0.3, -0.25) is 4.79 Å². The highest BCUT2D eigenvalue weighted by molar-refractivity contribution is 7.11. The lowest BCUT2D eigenvalue weighted by atomic mass is 10.0. The van der Waals surface area contributed by atoms with Gasteiger partial charge in [-0.05, 0) is 45.4 Å². The Balaban J connectivity index is 1.43. The Morgan fingerprint density at radius 3 is 2.83 bits per heavy atom. The van der Waals surface area contributed by atoms with Crippen LogP contribution in [0.25, 0.3) is 0 Å². The van der Waals surface area contributed by atoms with Crippen molar-refractivity contribution in [3.63, 3.8) is 0 Å². The molecule has 1 N–H and O–H groups in total. The predicted molar refractivity (Wildman–Crippen MR) is 96.3 cm³/mol. The van der Waals surface area contributed by atoms with Crippen molar-refractivity contribution in [1.82, 2.24) is 15.2 Å². The van der Waals surface area contributed by atoms with Crippen LogP contribution in [-0.2, 0) is 22.5 Å². The fraction of sp³-hybridized carbons (Fsp3) is 0.778. The van der Waals surface area contributed by atoms with Gasteiger partial charge in [0.05, 0.1) is 10.7 Å². The van der Waals surface area contributed by atoms with E-state index < -0.39 is 0 Å². The summed E-state index contributed by atoms with van der Waals surface area (Å²) in [6, 6.07) is 0.495. The first-order valence-corrected chi connectivity index (χ1v) is 10.1. The maximum Gasteiger partial charge on any atom is 0.251 e. The molecule has 24 heavy (non-hydrogen) atoms. The number of nitrogens with zero attached hydrogens (tertiary/aromatic N) is 2. The molecule has 2 aliphatic rings. The number of nitrogens with one attached hydrogen (secondary N) is 1. The summed E-state index contributed by atoms with van der Waals surface area (Å²) in [5.74, 6) is 0.202. The zero-order valence-electron chi connectivity index (χ0n) is 14.8. The average Bonchev–Trinajstić information content (AvgIpc) is 3.23. The number of aryl methyl sites for hydroxylation is 2. The van der Waals surface area contributed by atoms with Gasteiger partial charge >= 0.3 is 0 Å². The summed E-state index contributed by atoms with van der Waals surface area (Å²) in [5, 5.41) is 4.92. The summed E-state index contributed by atoms with van der Waals surface area (Å²) in [4.78, 5) is 20.4. The van der Waals surface area contributed by atoms with Crippen LogP contribution in [0, 0.1) is 6.92 Å². The first-order valence-electron chi connectivity index (χ1n) is 9.26. The summed E-state index contributed by atoms with van der Waals surface area (Å²) >= 11 is 1.84. The average molecular weight is 352 g/mol. The molecule has 134 valence electrons. The number of thiazole rings is 1. The molecule has 0 saturated carbocycles. The fourth-order valence-corrected chi connectivity index (χ4v) is 4.61. The normalized spacial score (nSPS) is 22.2. The van der Waals surface area contributed by atoms with Gasteiger partial charge in [0.2, 0.25) is 0 Å². The standard InChI is InChI=1S/C18H29N3O2S/c1-3-5-17-20-13(2)16(24-17)12-19-14-7-9-21(10-8-14)18(22)15-6-4-11-23-15/h14-15,19H,3-12H2,1-2H3. The Labute approximate surface area is 148 Å². The second-order valence-electron chi connectivity index (χ2n) is 6.85. The number of hydrogen-bond donors (Lipinski definition) is 1. The molecule has 1 amide bonds. The number of carbonyl (C=O) groups excluding carboxylic acids is 1. The second-order valence-corrected chi connectivity index (χ2v) is 8.02. The van der Waals surface area contributed by atoms with Gasteiger partial charge in [0.1, 0.15) is 6.10 Å². The van der Waals surface area contributed by atoms with Crippen molar-refractivity contribution in [3.05, 3.63) is 15.6 Å². The predicted octanol–water partition coefficient (Wildman–Crippen LogP) is 2.66. The van der Waals surface area contributed by atoms with Crippen LogP contribution < -0.4 is 5.32 Å². The summed E-state index contributed by atoms with van der Waals surface area (Å²) in [7, 11) is 0. The third-order valence-electron chi connectivity index (χ3n) is 4.96. The number of ether oxygens (including phenoxy) is 1. The summed E-state index contributed by atoms with van der Waals surface area (Å²) in [6.07, 6.45) is 6.01. The third kappa shape index (κ3) is 4.35. The lowest BCUT2D eigenvalue weighted by molar-refractivity contribution is -0.142. The number of hydrogen-bond acceptors (Lipinski definition) is 5. The number of amides is 1. The monoisotopic (exact) mass is 351 g/mol. The fourth-order valence-electron chi connectivity index (χ4n) is 3.49. The molecular weight excluding hydrogens is 322 g/mol. The molecule has 2 saturated heterocycles. The molecule has 1 aromatic heterocycles. The Morgan fingerprint density at radius 2 is 2.17 bits per heavy atom. The van der Waals surface area contributed by atoms with Gasteiger partial charge in [-0.1, -0.05) is 6.92 Å². The minimum atomic E-state index is -0.175. The molecule has 2 aliphatic heterocycles. The van der Waals surface area contributed by atoms with Crippen LogP contribution >= 0.6 is 11.3 Å². The van der Waals surface area contributed by atoms with E-state index in [0.717, 1.165) is 64.8 Å². The molecule has 2 fully saturated rings. The molecule has 1 unspecified atom stereocenters. The molecule has 0 aliphatic carbocycles. The lowest BCUT2D eigenvalue weighted by Crippen LogP contribution is -2.47. The molecule has 1 atom stereocenters. The zero-order valence-corrected chi connectivity index (χ0v) is 15.7. The highest BCUT2D eigenvalue weighted by atomic mass is 32.1. The maximum atomic E-state index is 12.4. The first kappa shape index (κ1) is 17.8. The van der Waals surface area contributed by atoms with Crippen LogP contribution in [0.3, 0.4) is 0 Å². The van der Waals surface area contributed by atoms with Crippen molar-refractivity contribution in [1.29, 1.82) is 0 Å². The molecule has 0 aromatic carbocycles. The van der Waals surface area contributed by atoms with E-state index in [-0.39, 0.29) is 12.0 Å². The van der Waals surface area contributed by atoms with Gasteiger partial charge in [0.25, 0.3) is 5.91 Å². The molecule has 0 spiro atoms. The van der Waals surface area contributed by atoms with Crippen molar-refractivity contribution in [2.24, 2.45) is 0 Å². The van der Waals surface area contributed by atoms with E-state index in [1.807, 2.05) is 16.2 Å². The minimum Gasteiger partial charge on any atom is -0.368 e. The number of likely N-dealkylation sites (tertiary alicyclic amines) is 1. The van der Waals surface area contributed by atoms with Gasteiger partial charge in [0.15, 0.2) is 0 Å². The highest BCUT2D eigenvalue weighted by Gasteiger charge is 2.30. The van der Waals surface area contributed by atoms with Gasteiger partial charge < -0.3 is 15.0 Å². The van der Waals surface area contributed by atoms with Crippen LogP contribution in [-0.4, -0.2) is 47.6 Å². The Kier molecular flexibility index (Phi) is 6.25. The van der Waals surface area contributed by atoms with Crippen LogP contribution in [0.4, 0.5) is 0 Å². The molecular formula is C18H29N3O2S. The topological polar surface area (TPSA) is 54.5 Å². The molecule has 5 nitrogen and oxygen atoms in total. The van der Waals surface area contributed by atoms with Crippen molar-refractivity contribution < 1.29 is 9.53 Å². The second kappa shape index (κ2) is 8.41. The quantitative estimate of drug-likeness (QED) is 0.856. The van der Waals surface area contributed by atoms with Crippen molar-refractivity contribution in [2.45, 2.75) is 71.1 Å². The van der Waals surface area contributed by atoms with Gasteiger partial charge in [-0.25, -0.2) is 4.98 Å². The lowest BCUT2D eigenvalue weighted by Gasteiger charge is -2.33. The largest absolute Gasteiger partial charge is 0.368 e. The summed E-state index contributed by atoms with van der Waals surface area (Å²) < 4.78 is 5.52. The Bertz CT molecular complexity index is 546. The van der Waals surface area contributed by atoms with E-state index in [1.54, 1.807) is 0 Å². The molecule has 6 heteroatoms. The summed E-state index contributed by atoms with van der Waals surface area (Å²) in [6.45, 7) is 7.63. The SMILES string of the molecule is CCCc1nc(C)c(CNC2CCN(C(=O)C3CCCO3)CC2)s1. The third-order valence-corrected chi connectivity index (χ3v) is 6.18. The molecule has 1 aromatic rings. The molecule has 0 radical (unpaired) electrons. The number of rotatable bonds is 6. The van der Waals surface area contributed by atoms with Gasteiger partial charge in [-0.2, -0.15) is 0 Å². The van der Waals surface area contributed by atoms with Crippen molar-refractivity contribution in [2.75, 3.05) is 19.7 Å². The maximum absolute atomic E-state index is 12.4. The number of aromatic nitrogens is 1. The zero-order chi connectivity index (χ0) is 16.9. The Hall–Kier alpha value is -0.980. The number of piperidine rings is 1. The van der Waals surface area contributed by atoms with Crippen molar-refractivity contribution >= 4 is 17.2 Å². The van der Waals surface area contributed by atoms with E-state index >= 15 is 0 Å². The smallest absolute Gasteiger partial charge is 0.251 e. The first-order chi connectivity index (χ1) is 11.7. The molecule has 3 heterocycles. The summed E-state index contributed by atoms with van der Waals surface area (Å²) in [5.41, 5.74) is 1.17. The Morgan fingerprint density at radius 1 is 1.38 bits per heavy atom. The van der Waals surface area contributed by atoms with Crippen LogP contribution in [0.1, 0.15) is 54.6 Å².